The number of carbonyl (C=O) groups is 4. The van der Waals surface area contributed by atoms with Gasteiger partial charge in [-0.05, 0) is 45.0 Å². The third-order valence-electron chi connectivity index (χ3n) is 4.60. The van der Waals surface area contributed by atoms with Crippen LogP contribution in [0.15, 0.2) is 46.8 Å². The zero-order valence-corrected chi connectivity index (χ0v) is 18.0. The van der Waals surface area contributed by atoms with Crippen molar-refractivity contribution in [3.63, 3.8) is 0 Å². The molecule has 9 heteroatoms. The largest absolute Gasteiger partial charge is 0.466 e. The molecule has 0 aliphatic carbocycles. The molecule has 0 spiro atoms. The molecule has 30 heavy (non-hydrogen) atoms. The summed E-state index contributed by atoms with van der Waals surface area (Å²) in [6.07, 6.45) is -1.17. The second-order valence-electron chi connectivity index (χ2n) is 6.57. The summed E-state index contributed by atoms with van der Waals surface area (Å²) in [6, 6.07) is 6.10. The predicted octanol–water partition coefficient (Wildman–Crippen LogP) is 2.57. The minimum absolute atomic E-state index is 0.0976. The number of dihydropyridines is 1. The van der Waals surface area contributed by atoms with Crippen LogP contribution in [-0.2, 0) is 28.6 Å². The van der Waals surface area contributed by atoms with E-state index in [1.54, 1.807) is 26.0 Å². The van der Waals surface area contributed by atoms with E-state index in [1.807, 2.05) is 0 Å². The number of Topliss-reactive ketones (excluding diaryl/α,β-unsaturated/α-hetero) is 1. The topological polar surface area (TPSA) is 108 Å². The minimum Gasteiger partial charge on any atom is -0.466 e. The Balaban J connectivity index is 2.39. The maximum absolute atomic E-state index is 13.0. The molecule has 1 unspecified atom stereocenters. The monoisotopic (exact) mass is 435 g/mol. The van der Waals surface area contributed by atoms with E-state index in [0.717, 1.165) is 14.2 Å². The SMILES string of the molecule is COC(=O)C1=C(C)NC(C)=C(C(=O)OC)C1C(=O)OC(C)C(=O)c1ccc(Cl)cc1. The first-order valence-electron chi connectivity index (χ1n) is 8.97. The minimum atomic E-state index is -1.41. The van der Waals surface area contributed by atoms with Crippen LogP contribution in [0.5, 0.6) is 0 Å². The van der Waals surface area contributed by atoms with Gasteiger partial charge in [-0.25, -0.2) is 9.59 Å². The van der Waals surface area contributed by atoms with Gasteiger partial charge < -0.3 is 19.5 Å². The molecule has 0 saturated heterocycles. The van der Waals surface area contributed by atoms with Crippen molar-refractivity contribution in [1.82, 2.24) is 5.32 Å². The van der Waals surface area contributed by atoms with Gasteiger partial charge >= 0.3 is 17.9 Å². The first kappa shape index (κ1) is 23.2. The van der Waals surface area contributed by atoms with Gasteiger partial charge in [0, 0.05) is 22.0 Å². The van der Waals surface area contributed by atoms with Crippen molar-refractivity contribution in [3.8, 4) is 0 Å². The highest BCUT2D eigenvalue weighted by Crippen LogP contribution is 2.32. The summed E-state index contributed by atoms with van der Waals surface area (Å²) in [5.41, 5.74) is 0.750. The molecule has 2 rings (SSSR count). The summed E-state index contributed by atoms with van der Waals surface area (Å²) < 4.78 is 14.9. The fourth-order valence-electron chi connectivity index (χ4n) is 3.14. The molecule has 0 saturated carbocycles. The van der Waals surface area contributed by atoms with E-state index in [0.29, 0.717) is 22.0 Å². The van der Waals surface area contributed by atoms with Gasteiger partial charge in [0.1, 0.15) is 5.92 Å². The van der Waals surface area contributed by atoms with E-state index in [1.165, 1.54) is 19.1 Å². The molecule has 160 valence electrons. The molecule has 0 bridgehead atoms. The van der Waals surface area contributed by atoms with Crippen LogP contribution >= 0.6 is 11.6 Å². The lowest BCUT2D eigenvalue weighted by Gasteiger charge is -2.29. The third kappa shape index (κ3) is 4.71. The predicted molar refractivity (Wildman–Crippen MR) is 107 cm³/mol. The van der Waals surface area contributed by atoms with Crippen molar-refractivity contribution in [2.24, 2.45) is 5.92 Å². The highest BCUT2D eigenvalue weighted by atomic mass is 35.5. The van der Waals surface area contributed by atoms with E-state index in [2.05, 4.69) is 5.32 Å². The standard InChI is InChI=1S/C21H22ClNO7/c1-10-15(19(25)28-4)17(16(11(2)23-10)20(26)29-5)21(27)30-12(3)18(24)13-6-8-14(22)9-7-13/h6-9,12,17,23H,1-5H3. The van der Waals surface area contributed by atoms with Crippen LogP contribution in [0, 0.1) is 5.92 Å². The molecule has 1 heterocycles. The summed E-state index contributed by atoms with van der Waals surface area (Å²) in [7, 11) is 2.31. The van der Waals surface area contributed by atoms with Crippen LogP contribution in [-0.4, -0.2) is 44.0 Å². The number of carbonyl (C=O) groups excluding carboxylic acids is 4. The molecule has 0 radical (unpaired) electrons. The Morgan fingerprint density at radius 2 is 1.40 bits per heavy atom. The molecule has 8 nitrogen and oxygen atoms in total. The summed E-state index contributed by atoms with van der Waals surface area (Å²) >= 11 is 5.83. The van der Waals surface area contributed by atoms with E-state index < -0.39 is 35.7 Å². The lowest BCUT2D eigenvalue weighted by molar-refractivity contribution is -0.153. The van der Waals surface area contributed by atoms with Gasteiger partial charge in [0.2, 0.25) is 5.78 Å². The molecule has 0 amide bonds. The van der Waals surface area contributed by atoms with Crippen LogP contribution in [0.1, 0.15) is 31.1 Å². The summed E-state index contributed by atoms with van der Waals surface area (Å²) in [6.45, 7) is 4.53. The maximum Gasteiger partial charge on any atom is 0.336 e. The quantitative estimate of drug-likeness (QED) is 0.412. The van der Waals surface area contributed by atoms with Crippen molar-refractivity contribution < 1.29 is 33.4 Å². The van der Waals surface area contributed by atoms with Crippen LogP contribution in [0.25, 0.3) is 0 Å². The molecular formula is C21H22ClNO7. The summed E-state index contributed by atoms with van der Waals surface area (Å²) in [5, 5.41) is 3.33. The van der Waals surface area contributed by atoms with Crippen molar-refractivity contribution in [3.05, 3.63) is 57.4 Å². The number of nitrogens with one attached hydrogen (secondary N) is 1. The highest BCUT2D eigenvalue weighted by Gasteiger charge is 2.43. The Labute approximate surface area is 178 Å². The van der Waals surface area contributed by atoms with Gasteiger partial charge in [0.15, 0.2) is 6.10 Å². The molecule has 1 aliphatic rings. The Bertz CT molecular complexity index is 909. The smallest absolute Gasteiger partial charge is 0.336 e. The van der Waals surface area contributed by atoms with Gasteiger partial charge in [0.05, 0.1) is 25.4 Å². The van der Waals surface area contributed by atoms with Crippen molar-refractivity contribution in [2.45, 2.75) is 26.9 Å². The third-order valence-corrected chi connectivity index (χ3v) is 4.85. The van der Waals surface area contributed by atoms with Crippen molar-refractivity contribution in [2.75, 3.05) is 14.2 Å². The number of benzene rings is 1. The second kappa shape index (κ2) is 9.58. The number of hydrogen-bond donors (Lipinski definition) is 1. The molecule has 0 fully saturated rings. The van der Waals surface area contributed by atoms with Gasteiger partial charge in [0.25, 0.3) is 0 Å². The van der Waals surface area contributed by atoms with Crippen LogP contribution in [0.3, 0.4) is 0 Å². The van der Waals surface area contributed by atoms with Crippen LogP contribution in [0.4, 0.5) is 0 Å². The lowest BCUT2D eigenvalue weighted by Crippen LogP contribution is -2.39. The van der Waals surface area contributed by atoms with Crippen LogP contribution < -0.4 is 5.32 Å². The van der Waals surface area contributed by atoms with E-state index in [4.69, 9.17) is 25.8 Å². The first-order chi connectivity index (χ1) is 14.1. The lowest BCUT2D eigenvalue weighted by atomic mass is 9.85. The van der Waals surface area contributed by atoms with Gasteiger partial charge in [-0.2, -0.15) is 0 Å². The Morgan fingerprint density at radius 3 is 1.83 bits per heavy atom. The number of allylic oxidation sites excluding steroid dienone is 2. The normalized spacial score (nSPS) is 15.3. The molecule has 0 aromatic heterocycles. The zero-order chi connectivity index (χ0) is 22.6. The molecule has 1 aromatic carbocycles. The van der Waals surface area contributed by atoms with Gasteiger partial charge in [-0.1, -0.05) is 11.6 Å². The number of ether oxygens (including phenoxy) is 3. The van der Waals surface area contributed by atoms with Crippen molar-refractivity contribution >= 4 is 35.3 Å². The fraction of sp³-hybridized carbons (Fsp3) is 0.333. The van der Waals surface area contributed by atoms with Crippen molar-refractivity contribution in [1.29, 1.82) is 0 Å². The highest BCUT2D eigenvalue weighted by molar-refractivity contribution is 6.30. The van der Waals surface area contributed by atoms with Gasteiger partial charge in [-0.3, -0.25) is 9.59 Å². The Morgan fingerprint density at radius 1 is 0.933 bits per heavy atom. The summed E-state index contributed by atoms with van der Waals surface area (Å²) in [5.74, 6) is -4.45. The van der Waals surface area contributed by atoms with E-state index in [-0.39, 0.29) is 11.1 Å². The van der Waals surface area contributed by atoms with Crippen LogP contribution in [0.2, 0.25) is 5.02 Å². The fourth-order valence-corrected chi connectivity index (χ4v) is 3.26. The molecular weight excluding hydrogens is 414 g/mol. The molecule has 1 aromatic rings. The summed E-state index contributed by atoms with van der Waals surface area (Å²) in [4.78, 5) is 50.3. The molecule has 1 atom stereocenters. The number of rotatable bonds is 6. The molecule has 1 N–H and O–H groups in total. The first-order valence-corrected chi connectivity index (χ1v) is 9.35. The number of methoxy groups -OCH3 is 2. The van der Waals surface area contributed by atoms with Gasteiger partial charge in [-0.15, -0.1) is 0 Å². The number of ketones is 1. The van der Waals surface area contributed by atoms with E-state index >= 15 is 0 Å². The average Bonchev–Trinajstić information content (AvgIpc) is 2.72. The Hall–Kier alpha value is -3.13. The molecule has 1 aliphatic heterocycles. The maximum atomic E-state index is 13.0. The Kier molecular flexibility index (Phi) is 7.39. The zero-order valence-electron chi connectivity index (χ0n) is 17.2. The number of esters is 3. The number of hydrogen-bond acceptors (Lipinski definition) is 8. The number of halogens is 1. The average molecular weight is 436 g/mol. The van der Waals surface area contributed by atoms with E-state index in [9.17, 15) is 19.2 Å². The second-order valence-corrected chi connectivity index (χ2v) is 7.01.